The van der Waals surface area contributed by atoms with E-state index in [1.807, 2.05) is 16.7 Å². The highest BCUT2D eigenvalue weighted by Crippen LogP contribution is 2.55. The third-order valence-corrected chi connectivity index (χ3v) is 14.6. The number of likely N-dealkylation sites (tertiary alicyclic amines) is 2. The first-order valence-electron chi connectivity index (χ1n) is 19.9. The maximum absolute atomic E-state index is 14.8. The summed E-state index contributed by atoms with van der Waals surface area (Å²) in [5, 5.41) is 3.15. The Morgan fingerprint density at radius 1 is 1.07 bits per heavy atom. The van der Waals surface area contributed by atoms with Crippen LogP contribution in [0.15, 0.2) is 17.6 Å². The van der Waals surface area contributed by atoms with E-state index in [1.165, 1.54) is 16.8 Å². The molecule has 15 heteroatoms. The van der Waals surface area contributed by atoms with E-state index in [9.17, 15) is 27.6 Å². The maximum atomic E-state index is 14.8. The van der Waals surface area contributed by atoms with Crippen molar-refractivity contribution in [1.29, 1.82) is 0 Å². The van der Waals surface area contributed by atoms with Crippen LogP contribution in [0.25, 0.3) is 10.2 Å². The van der Waals surface area contributed by atoms with Gasteiger partial charge in [-0.1, -0.05) is 13.8 Å². The van der Waals surface area contributed by atoms with Gasteiger partial charge in [0, 0.05) is 63.1 Å². The number of carbonyl (C=O) groups excluding carboxylic acids is 3. The Balaban J connectivity index is 1.07. The number of piperidine rings is 1. The number of alkyl halides is 3. The number of nitrogens with zero attached hydrogens (tertiary/aromatic N) is 4. The Labute approximate surface area is 324 Å². The van der Waals surface area contributed by atoms with Gasteiger partial charge >= 0.3 is 6.18 Å². The molecular weight excluding hydrogens is 736 g/mol. The predicted molar refractivity (Wildman–Crippen MR) is 200 cm³/mol. The molecule has 1 aromatic heterocycles. The van der Waals surface area contributed by atoms with Crippen molar-refractivity contribution in [2.75, 3.05) is 71.1 Å². The molecule has 302 valence electrons. The van der Waals surface area contributed by atoms with Gasteiger partial charge in [0.05, 0.1) is 64.9 Å². The van der Waals surface area contributed by atoms with E-state index >= 15 is 0 Å². The molecule has 55 heavy (non-hydrogen) atoms. The number of hydrogen-bond acceptors (Lipinski definition) is 9. The van der Waals surface area contributed by atoms with E-state index in [2.05, 4.69) is 24.1 Å². The van der Waals surface area contributed by atoms with Crippen LogP contribution in [0.4, 0.5) is 18.9 Å². The molecule has 9 rings (SSSR count). The number of thiazole rings is 1. The predicted octanol–water partition coefficient (Wildman–Crippen LogP) is 5.36. The Hall–Kier alpha value is -3.01. The fraction of sp³-hybridized carbons (Fsp3) is 0.750. The Bertz CT molecular complexity index is 1770. The molecule has 5 atom stereocenters. The summed E-state index contributed by atoms with van der Waals surface area (Å²) >= 11 is 1.26. The van der Waals surface area contributed by atoms with E-state index < -0.39 is 35.2 Å². The summed E-state index contributed by atoms with van der Waals surface area (Å²) in [5.41, 5.74) is 0.456. The highest BCUT2D eigenvalue weighted by molar-refractivity contribution is 7.17. The van der Waals surface area contributed by atoms with Gasteiger partial charge in [0.15, 0.2) is 0 Å². The van der Waals surface area contributed by atoms with Crippen LogP contribution in [-0.2, 0) is 34.8 Å². The van der Waals surface area contributed by atoms with Crippen molar-refractivity contribution in [1.82, 2.24) is 20.1 Å². The second kappa shape index (κ2) is 14.4. The monoisotopic (exact) mass is 789 g/mol. The summed E-state index contributed by atoms with van der Waals surface area (Å²) in [6.07, 6.45) is 1.61. The molecule has 2 saturated carbocycles. The van der Waals surface area contributed by atoms with Crippen LogP contribution in [0, 0.1) is 34.0 Å². The molecule has 0 unspecified atom stereocenters. The minimum absolute atomic E-state index is 0.0584. The quantitative estimate of drug-likeness (QED) is 0.324. The Morgan fingerprint density at radius 2 is 1.82 bits per heavy atom. The number of aromatic nitrogens is 1. The third-order valence-electron chi connectivity index (χ3n) is 13.7. The molecule has 5 aliphatic heterocycles. The van der Waals surface area contributed by atoms with Crippen molar-refractivity contribution in [3.05, 3.63) is 23.2 Å². The zero-order chi connectivity index (χ0) is 38.9. The lowest BCUT2D eigenvalue weighted by atomic mass is 9.70. The molecule has 5 saturated heterocycles. The zero-order valence-electron chi connectivity index (χ0n) is 32.3. The van der Waals surface area contributed by atoms with Crippen molar-refractivity contribution < 1.29 is 41.8 Å². The number of methoxy groups -OCH3 is 1. The number of rotatable bonds is 11. The van der Waals surface area contributed by atoms with Crippen LogP contribution in [0.3, 0.4) is 0 Å². The first-order chi connectivity index (χ1) is 26.1. The number of nitrogens with one attached hydrogen (secondary N) is 1. The smallest absolute Gasteiger partial charge is 0.384 e. The van der Waals surface area contributed by atoms with Gasteiger partial charge in [-0.2, -0.15) is 13.2 Å². The standard InChI is InChI=1S/C40H54F3N5O6S/c1-24(53-21-38-9-7-27(8-10-38)54-22-38)32(36(51)46-11-5-6-25(15-46)17-52-4)45-34(49)29-16-47(18-39(29)19-48(20-39)35(50)28-14-37(28,2)3)31-13-26(40(41,42)43)12-30-33(31)55-23-44-30/h12-13,23-25,27-29,32H,5-11,14-22H2,1-4H3,(H,45,49)/t24-,25+,27?,28-,29+,32+,38?/m1/s1. The van der Waals surface area contributed by atoms with Crippen molar-refractivity contribution >= 4 is 45.0 Å². The largest absolute Gasteiger partial charge is 0.416 e. The number of benzene rings is 1. The van der Waals surface area contributed by atoms with E-state index in [0.29, 0.717) is 62.5 Å². The van der Waals surface area contributed by atoms with Gasteiger partial charge in [0.25, 0.3) is 0 Å². The van der Waals surface area contributed by atoms with Gasteiger partial charge in [0.1, 0.15) is 6.04 Å². The lowest BCUT2D eigenvalue weighted by molar-refractivity contribution is -0.160. The topological polar surface area (TPSA) is 114 Å². The van der Waals surface area contributed by atoms with E-state index in [0.717, 1.165) is 57.1 Å². The maximum Gasteiger partial charge on any atom is 0.416 e. The second-order valence-corrected chi connectivity index (χ2v) is 19.0. The van der Waals surface area contributed by atoms with Crippen LogP contribution >= 0.6 is 11.3 Å². The summed E-state index contributed by atoms with van der Waals surface area (Å²) in [7, 11) is 1.66. The van der Waals surface area contributed by atoms with Crippen LogP contribution < -0.4 is 10.2 Å². The lowest BCUT2D eigenvalue weighted by Crippen LogP contribution is -2.65. The molecule has 3 amide bonds. The molecule has 2 aliphatic carbocycles. The number of carbonyl (C=O) groups is 3. The molecule has 11 nitrogen and oxygen atoms in total. The summed E-state index contributed by atoms with van der Waals surface area (Å²) in [5.74, 6) is -1.10. The minimum Gasteiger partial charge on any atom is -0.384 e. The van der Waals surface area contributed by atoms with Crippen LogP contribution in [-0.4, -0.2) is 117 Å². The highest BCUT2D eigenvalue weighted by atomic mass is 32.1. The van der Waals surface area contributed by atoms with Gasteiger partial charge in [-0.15, -0.1) is 11.3 Å². The number of anilines is 1. The van der Waals surface area contributed by atoms with E-state index in [-0.39, 0.29) is 59.0 Å². The minimum atomic E-state index is -4.58. The number of amides is 3. The van der Waals surface area contributed by atoms with Crippen molar-refractivity contribution in [3.63, 3.8) is 0 Å². The fourth-order valence-corrected chi connectivity index (χ4v) is 10.8. The Morgan fingerprint density at radius 3 is 2.47 bits per heavy atom. The SMILES string of the molecule is COC[C@H]1CCCN(C(=O)[C@@H](NC(=O)[C@@H]2CN(c3cc(C(F)(F)F)cc4ncsc34)CC23CN(C(=O)[C@H]2CC2(C)C)C3)[C@@H](C)OCC23CCC(CC2)OC3)C1. The van der Waals surface area contributed by atoms with Gasteiger partial charge in [-0.05, 0) is 75.3 Å². The molecule has 0 radical (unpaired) electrons. The lowest BCUT2D eigenvalue weighted by Gasteiger charge is -2.51. The van der Waals surface area contributed by atoms with Crippen LogP contribution in [0.2, 0.25) is 0 Å². The Kier molecular flexibility index (Phi) is 10.2. The summed E-state index contributed by atoms with van der Waals surface area (Å²) in [6, 6.07) is 1.23. The molecule has 1 spiro atoms. The molecule has 1 aromatic carbocycles. The molecule has 7 fully saturated rings. The fourth-order valence-electron chi connectivity index (χ4n) is 10.0. The zero-order valence-corrected chi connectivity index (χ0v) is 33.1. The molecule has 2 aromatic rings. The average Bonchev–Trinajstić information content (AvgIpc) is 3.46. The van der Waals surface area contributed by atoms with Gasteiger partial charge in [-0.3, -0.25) is 14.4 Å². The second-order valence-electron chi connectivity index (χ2n) is 18.2. The number of ether oxygens (including phenoxy) is 3. The molecule has 2 bridgehead atoms. The van der Waals surface area contributed by atoms with E-state index in [1.54, 1.807) is 12.0 Å². The van der Waals surface area contributed by atoms with Crippen LogP contribution in [0.1, 0.15) is 71.3 Å². The van der Waals surface area contributed by atoms with Gasteiger partial charge in [0.2, 0.25) is 17.7 Å². The summed E-state index contributed by atoms with van der Waals surface area (Å²) in [6.45, 7) is 9.68. The van der Waals surface area contributed by atoms with Crippen molar-refractivity contribution in [2.24, 2.45) is 34.0 Å². The first-order valence-corrected chi connectivity index (χ1v) is 20.8. The molecule has 7 aliphatic rings. The average molecular weight is 790 g/mol. The summed E-state index contributed by atoms with van der Waals surface area (Å²) < 4.78 is 61.0. The molecule has 1 N–H and O–H groups in total. The number of fused-ring (bicyclic) bond motifs is 4. The van der Waals surface area contributed by atoms with Crippen molar-refractivity contribution in [2.45, 2.75) is 90.1 Å². The van der Waals surface area contributed by atoms with Crippen LogP contribution in [0.5, 0.6) is 0 Å². The number of halogens is 3. The normalized spacial score (nSPS) is 30.7. The molecule has 6 heterocycles. The van der Waals surface area contributed by atoms with Gasteiger partial charge < -0.3 is 34.2 Å². The van der Waals surface area contributed by atoms with E-state index in [4.69, 9.17) is 14.2 Å². The molecular formula is C40H54F3N5O6S. The summed E-state index contributed by atoms with van der Waals surface area (Å²) in [4.78, 5) is 52.5. The number of hydrogen-bond donors (Lipinski definition) is 1. The van der Waals surface area contributed by atoms with Gasteiger partial charge in [-0.25, -0.2) is 4.98 Å². The van der Waals surface area contributed by atoms with Crippen molar-refractivity contribution in [3.8, 4) is 0 Å². The first kappa shape index (κ1) is 38.8. The highest BCUT2D eigenvalue weighted by Gasteiger charge is 2.62. The third kappa shape index (κ3) is 7.47.